The highest BCUT2D eigenvalue weighted by atomic mass is 35.5. The molecule has 0 radical (unpaired) electrons. The zero-order valence-electron chi connectivity index (χ0n) is 20.9. The van der Waals surface area contributed by atoms with Gasteiger partial charge >= 0.3 is 0 Å². The number of amides is 2. The summed E-state index contributed by atoms with van der Waals surface area (Å²) in [7, 11) is 0. The molecule has 192 valence electrons. The molecule has 7 nitrogen and oxygen atoms in total. The van der Waals surface area contributed by atoms with E-state index < -0.39 is 22.8 Å². The molecule has 9 heteroatoms. The average Bonchev–Trinajstić information content (AvgIpc) is 3.49. The van der Waals surface area contributed by atoms with Gasteiger partial charge in [0.15, 0.2) is 16.1 Å². The largest absolute Gasteiger partial charge is 0.450 e. The van der Waals surface area contributed by atoms with Crippen LogP contribution in [0.5, 0.6) is 0 Å². The molecule has 0 bridgehead atoms. The maximum atomic E-state index is 14.8. The third kappa shape index (κ3) is 3.16. The minimum Gasteiger partial charge on any atom is -0.450 e. The predicted octanol–water partition coefficient (Wildman–Crippen LogP) is 5.97. The van der Waals surface area contributed by atoms with Gasteiger partial charge < -0.3 is 9.32 Å². The number of rotatable bonds is 3. The Labute approximate surface area is 231 Å². The van der Waals surface area contributed by atoms with Crippen molar-refractivity contribution in [1.29, 1.82) is 0 Å². The summed E-state index contributed by atoms with van der Waals surface area (Å²) in [5.41, 5.74) is 0.866. The molecule has 5 aromatic rings. The molecule has 0 saturated carbocycles. The van der Waals surface area contributed by atoms with Gasteiger partial charge in [0, 0.05) is 15.5 Å². The second-order valence-electron chi connectivity index (χ2n) is 9.66. The summed E-state index contributed by atoms with van der Waals surface area (Å²) in [5, 5.41) is 1.23. The fraction of sp³-hybridized carbons (Fsp3) is 0.133. The Morgan fingerprint density at radius 2 is 1.67 bits per heavy atom. The van der Waals surface area contributed by atoms with Crippen LogP contribution in [0.15, 0.2) is 82.0 Å². The second-order valence-corrected chi connectivity index (χ2v) is 11.3. The Morgan fingerprint density at radius 1 is 0.949 bits per heavy atom. The normalized spacial score (nSPS) is 17.9. The van der Waals surface area contributed by atoms with E-state index >= 15 is 0 Å². The van der Waals surface area contributed by atoms with Gasteiger partial charge in [-0.3, -0.25) is 19.3 Å². The van der Waals surface area contributed by atoms with E-state index in [-0.39, 0.29) is 23.5 Å². The van der Waals surface area contributed by atoms with E-state index in [2.05, 4.69) is 4.98 Å². The number of aryl methyl sites for hydroxylation is 2. The van der Waals surface area contributed by atoms with Crippen molar-refractivity contribution in [2.24, 2.45) is 0 Å². The number of nitrogens with zero attached hydrogens (tertiary/aromatic N) is 3. The number of fused-ring (bicyclic) bond motifs is 5. The summed E-state index contributed by atoms with van der Waals surface area (Å²) in [6, 6.07) is 21.3. The number of aromatic nitrogens is 1. The maximum Gasteiger partial charge on any atom is 0.297 e. The fourth-order valence-electron chi connectivity index (χ4n) is 5.59. The van der Waals surface area contributed by atoms with Gasteiger partial charge in [-0.2, -0.15) is 0 Å². The van der Waals surface area contributed by atoms with Crippen LogP contribution in [0, 0.1) is 13.8 Å². The number of thiazole rings is 1. The lowest BCUT2D eigenvalue weighted by Crippen LogP contribution is -2.53. The molecule has 2 amide bonds. The number of hydrogen-bond acceptors (Lipinski definition) is 6. The number of anilines is 2. The highest BCUT2D eigenvalue weighted by Gasteiger charge is 2.66. The van der Waals surface area contributed by atoms with Crippen molar-refractivity contribution in [1.82, 2.24) is 4.98 Å². The Balaban J connectivity index is 1.56. The van der Waals surface area contributed by atoms with E-state index in [9.17, 15) is 14.4 Å². The van der Waals surface area contributed by atoms with Crippen molar-refractivity contribution < 1.29 is 14.0 Å². The van der Waals surface area contributed by atoms with Crippen LogP contribution < -0.4 is 15.2 Å². The molecule has 3 aromatic carbocycles. The third-order valence-corrected chi connectivity index (χ3v) is 8.80. The quantitative estimate of drug-likeness (QED) is 0.275. The number of hydrogen-bond donors (Lipinski definition) is 0. The van der Waals surface area contributed by atoms with Crippen LogP contribution in [0.4, 0.5) is 10.8 Å². The molecule has 7 rings (SSSR count). The fourth-order valence-corrected chi connectivity index (χ4v) is 6.68. The summed E-state index contributed by atoms with van der Waals surface area (Å²) in [6.07, 6.45) is 0. The Kier molecular flexibility index (Phi) is 5.11. The van der Waals surface area contributed by atoms with Gasteiger partial charge in [-0.15, -0.1) is 11.3 Å². The van der Waals surface area contributed by atoms with E-state index in [4.69, 9.17) is 16.0 Å². The topological polar surface area (TPSA) is 83.7 Å². The second kappa shape index (κ2) is 8.36. The maximum absolute atomic E-state index is 14.8. The molecule has 2 aliphatic rings. The number of carbonyl (C=O) groups excluding carboxylic acids is 2. The molecule has 0 saturated heterocycles. The average molecular weight is 554 g/mol. The number of para-hydroxylation sites is 2. The van der Waals surface area contributed by atoms with Crippen molar-refractivity contribution >= 4 is 56.5 Å². The minimum absolute atomic E-state index is 0.0211. The standard InChI is InChI=1S/C30H20ClN3O4S/c1-16-17(2)39-29(32-16)34-27(36)26-24(25(35)20-7-3-6-10-23(20)38-26)30(34)21-8-4-5-9-22(21)33(28(30)37)15-18-11-13-19(31)14-12-18/h3-14H,15H2,1-2H3. The summed E-state index contributed by atoms with van der Waals surface area (Å²) in [6.45, 7) is 3.98. The Morgan fingerprint density at radius 3 is 2.41 bits per heavy atom. The summed E-state index contributed by atoms with van der Waals surface area (Å²) in [4.78, 5) is 51.8. The summed E-state index contributed by atoms with van der Waals surface area (Å²) < 4.78 is 6.10. The zero-order valence-corrected chi connectivity index (χ0v) is 22.5. The van der Waals surface area contributed by atoms with E-state index in [1.54, 1.807) is 53.4 Å². The Hall–Kier alpha value is -4.27. The van der Waals surface area contributed by atoms with Gasteiger partial charge in [-0.05, 0) is 49.7 Å². The van der Waals surface area contributed by atoms with E-state index in [1.807, 2.05) is 38.1 Å². The first kappa shape index (κ1) is 23.8. The lowest BCUT2D eigenvalue weighted by atomic mass is 9.84. The molecular weight excluding hydrogens is 534 g/mol. The molecule has 4 heterocycles. The highest BCUT2D eigenvalue weighted by molar-refractivity contribution is 7.16. The van der Waals surface area contributed by atoms with Crippen LogP contribution in [0.1, 0.15) is 37.8 Å². The van der Waals surface area contributed by atoms with Gasteiger partial charge in [0.2, 0.25) is 5.76 Å². The SMILES string of the molecule is Cc1nc(N2C(=O)c3oc4ccccc4c(=O)c3C23C(=O)N(Cc2ccc(Cl)cc2)c2ccccc23)sc1C. The molecule has 1 unspecified atom stereocenters. The van der Waals surface area contributed by atoms with Crippen molar-refractivity contribution in [3.8, 4) is 0 Å². The number of carbonyl (C=O) groups is 2. The molecule has 1 spiro atoms. The Bertz CT molecular complexity index is 1890. The minimum atomic E-state index is -1.77. The number of halogens is 1. The van der Waals surface area contributed by atoms with Crippen LogP contribution in [-0.4, -0.2) is 16.8 Å². The first-order valence-electron chi connectivity index (χ1n) is 12.3. The molecule has 2 aliphatic heterocycles. The summed E-state index contributed by atoms with van der Waals surface area (Å²) in [5.74, 6) is -1.13. The smallest absolute Gasteiger partial charge is 0.297 e. The summed E-state index contributed by atoms with van der Waals surface area (Å²) >= 11 is 7.41. The van der Waals surface area contributed by atoms with Crippen molar-refractivity contribution in [2.75, 3.05) is 9.80 Å². The zero-order chi connectivity index (χ0) is 27.1. The highest BCUT2D eigenvalue weighted by Crippen LogP contribution is 2.54. The van der Waals surface area contributed by atoms with E-state index in [0.717, 1.165) is 16.1 Å². The van der Waals surface area contributed by atoms with Crippen LogP contribution in [0.25, 0.3) is 11.0 Å². The molecule has 2 aromatic heterocycles. The molecule has 1 atom stereocenters. The van der Waals surface area contributed by atoms with Crippen molar-refractivity contribution in [2.45, 2.75) is 25.9 Å². The third-order valence-electron chi connectivity index (χ3n) is 7.49. The molecule has 0 fully saturated rings. The lowest BCUT2D eigenvalue weighted by molar-refractivity contribution is -0.121. The van der Waals surface area contributed by atoms with Gasteiger partial charge in [0.1, 0.15) is 5.58 Å². The van der Waals surface area contributed by atoms with Crippen LogP contribution in [-0.2, 0) is 16.9 Å². The van der Waals surface area contributed by atoms with Crippen LogP contribution in [0.2, 0.25) is 5.02 Å². The predicted molar refractivity (Wildman–Crippen MR) is 151 cm³/mol. The number of benzene rings is 3. The van der Waals surface area contributed by atoms with Gasteiger partial charge in [0.25, 0.3) is 11.8 Å². The van der Waals surface area contributed by atoms with Crippen LogP contribution >= 0.6 is 22.9 Å². The van der Waals surface area contributed by atoms with E-state index in [0.29, 0.717) is 26.8 Å². The van der Waals surface area contributed by atoms with E-state index in [1.165, 1.54) is 16.2 Å². The molecule has 0 N–H and O–H groups in total. The molecule has 39 heavy (non-hydrogen) atoms. The van der Waals surface area contributed by atoms with Gasteiger partial charge in [-0.1, -0.05) is 54.1 Å². The van der Waals surface area contributed by atoms with Crippen molar-refractivity contribution in [3.63, 3.8) is 0 Å². The van der Waals surface area contributed by atoms with Crippen molar-refractivity contribution in [3.05, 3.63) is 121 Å². The van der Waals surface area contributed by atoms with Gasteiger partial charge in [0.05, 0.1) is 28.9 Å². The molecule has 0 aliphatic carbocycles. The first-order chi connectivity index (χ1) is 18.8. The monoisotopic (exact) mass is 553 g/mol. The van der Waals surface area contributed by atoms with Crippen LogP contribution in [0.3, 0.4) is 0 Å². The molecular formula is C30H20ClN3O4S. The lowest BCUT2D eigenvalue weighted by Gasteiger charge is -2.32. The van der Waals surface area contributed by atoms with Gasteiger partial charge in [-0.25, -0.2) is 4.98 Å². The first-order valence-corrected chi connectivity index (χ1v) is 13.5.